The summed E-state index contributed by atoms with van der Waals surface area (Å²) in [6.45, 7) is 11.6. The van der Waals surface area contributed by atoms with Crippen LogP contribution in [0.3, 0.4) is 0 Å². The molecule has 0 spiro atoms. The summed E-state index contributed by atoms with van der Waals surface area (Å²) in [5, 5.41) is 0. The zero-order valence-electron chi connectivity index (χ0n) is 22.7. The lowest BCUT2D eigenvalue weighted by molar-refractivity contribution is -0.538. The molecule has 3 fully saturated rings. The molecule has 0 aromatic rings. The van der Waals surface area contributed by atoms with Crippen molar-refractivity contribution in [2.24, 2.45) is 23.2 Å². The molecule has 5 atom stereocenters. The van der Waals surface area contributed by atoms with Crippen LogP contribution in [0.2, 0.25) is 0 Å². The van der Waals surface area contributed by atoms with Gasteiger partial charge >= 0.3 is 5.97 Å². The predicted molar refractivity (Wildman–Crippen MR) is 140 cm³/mol. The van der Waals surface area contributed by atoms with Gasteiger partial charge in [0.2, 0.25) is 0 Å². The first-order valence-electron chi connectivity index (χ1n) is 14.6. The number of hydrogen-bond donors (Lipinski definition) is 0. The van der Waals surface area contributed by atoms with Gasteiger partial charge in [0.15, 0.2) is 11.8 Å². The predicted octanol–water partition coefficient (Wildman–Crippen LogP) is 6.23. The van der Waals surface area contributed by atoms with Crippen molar-refractivity contribution in [1.82, 2.24) is 4.90 Å². The largest absolute Gasteiger partial charge is 0.461 e. The number of hydrogen-bond acceptors (Lipinski definition) is 3. The maximum Gasteiger partial charge on any atom is 0.309 e. The maximum absolute atomic E-state index is 13.1. The van der Waals surface area contributed by atoms with E-state index in [0.717, 1.165) is 44.7 Å². The topological polar surface area (TPSA) is 32.5 Å². The Bertz CT molecular complexity index is 760. The molecule has 0 N–H and O–H groups in total. The van der Waals surface area contributed by atoms with Gasteiger partial charge in [-0.15, -0.1) is 0 Å². The Kier molecular flexibility index (Phi) is 8.59. The summed E-state index contributed by atoms with van der Waals surface area (Å²) >= 11 is 0. The third kappa shape index (κ3) is 5.32. The van der Waals surface area contributed by atoms with Crippen molar-refractivity contribution in [1.29, 1.82) is 0 Å². The monoisotopic (exact) mass is 471 g/mol. The number of allylic oxidation sites excluding steroid dienone is 1. The Labute approximate surface area is 209 Å². The molecule has 0 radical (unpaired) electrons. The minimum absolute atomic E-state index is 0.0164. The highest BCUT2D eigenvalue weighted by atomic mass is 16.5. The number of carbonyl (C=O) groups excluding carboxylic acids is 1. The van der Waals surface area contributed by atoms with E-state index in [-0.39, 0.29) is 23.4 Å². The van der Waals surface area contributed by atoms with Gasteiger partial charge in [-0.2, -0.15) is 0 Å². The molecule has 34 heavy (non-hydrogen) atoms. The minimum Gasteiger partial charge on any atom is -0.461 e. The fourth-order valence-corrected chi connectivity index (χ4v) is 7.93. The van der Waals surface area contributed by atoms with Crippen molar-refractivity contribution in [3.05, 3.63) is 12.2 Å². The molecule has 192 valence electrons. The number of rotatable bonds is 7. The van der Waals surface area contributed by atoms with Gasteiger partial charge in [0.05, 0.1) is 11.3 Å². The Morgan fingerprint density at radius 1 is 1.00 bits per heavy atom. The molecule has 3 saturated carbocycles. The Hall–Kier alpha value is -1.16. The molecule has 3 aliphatic carbocycles. The molecule has 1 aliphatic heterocycles. The summed E-state index contributed by atoms with van der Waals surface area (Å²) in [6.07, 6.45) is 19.3. The van der Waals surface area contributed by atoms with Gasteiger partial charge in [-0.1, -0.05) is 45.6 Å². The number of fused-ring (bicyclic) bond motifs is 1. The molecule has 0 amide bonds. The van der Waals surface area contributed by atoms with Crippen molar-refractivity contribution in [2.75, 3.05) is 20.1 Å². The zero-order chi connectivity index (χ0) is 24.3. The van der Waals surface area contributed by atoms with Crippen molar-refractivity contribution in [3.63, 3.8) is 0 Å². The molecule has 4 aliphatic rings. The van der Waals surface area contributed by atoms with Crippen LogP contribution in [-0.4, -0.2) is 59.5 Å². The summed E-state index contributed by atoms with van der Waals surface area (Å²) in [4.78, 5) is 15.7. The zero-order valence-corrected chi connectivity index (χ0v) is 22.7. The molecule has 4 heteroatoms. The summed E-state index contributed by atoms with van der Waals surface area (Å²) in [7, 11) is 2.31. The molecular formula is C30H51N2O2+. The van der Waals surface area contributed by atoms with Gasteiger partial charge in [-0.05, 0) is 65.5 Å². The third-order valence-corrected chi connectivity index (χ3v) is 10.0. The van der Waals surface area contributed by atoms with Crippen LogP contribution in [-0.2, 0) is 9.53 Å². The van der Waals surface area contributed by atoms with Crippen molar-refractivity contribution < 1.29 is 14.1 Å². The van der Waals surface area contributed by atoms with Crippen LogP contribution in [0.5, 0.6) is 0 Å². The van der Waals surface area contributed by atoms with Crippen LogP contribution in [0.1, 0.15) is 105 Å². The molecule has 5 unspecified atom stereocenters. The highest BCUT2D eigenvalue weighted by molar-refractivity contribution is 5.96. The van der Waals surface area contributed by atoms with Gasteiger partial charge < -0.3 is 9.64 Å². The van der Waals surface area contributed by atoms with E-state index < -0.39 is 0 Å². The second-order valence-electron chi connectivity index (χ2n) is 12.2. The van der Waals surface area contributed by atoms with Crippen molar-refractivity contribution in [2.45, 2.75) is 123 Å². The summed E-state index contributed by atoms with van der Waals surface area (Å²) in [5.41, 5.74) is 1.72. The molecule has 0 bridgehead atoms. The van der Waals surface area contributed by atoms with Crippen LogP contribution in [0.25, 0.3) is 0 Å². The molecule has 0 aromatic carbocycles. The number of esters is 1. The Morgan fingerprint density at radius 3 is 2.35 bits per heavy atom. The van der Waals surface area contributed by atoms with Gasteiger partial charge in [-0.25, -0.2) is 4.58 Å². The van der Waals surface area contributed by atoms with E-state index in [1.807, 2.05) is 0 Å². The SMILES string of the molecule is CCN(CC)C1CCC(/C=C/C2=[N+](C)C3CCCCC3C2(C)C)C(OC(=O)C2CCCCC2)C1. The van der Waals surface area contributed by atoms with E-state index in [1.165, 1.54) is 57.1 Å². The van der Waals surface area contributed by atoms with E-state index in [0.29, 0.717) is 18.0 Å². The molecule has 0 aromatic heterocycles. The van der Waals surface area contributed by atoms with Gasteiger partial charge in [0, 0.05) is 36.8 Å². The fraction of sp³-hybridized carbons (Fsp3) is 0.867. The second-order valence-corrected chi connectivity index (χ2v) is 12.2. The summed E-state index contributed by atoms with van der Waals surface area (Å²) in [5.74, 6) is 1.31. The normalized spacial score (nSPS) is 34.6. The van der Waals surface area contributed by atoms with E-state index in [9.17, 15) is 4.79 Å². The van der Waals surface area contributed by atoms with E-state index >= 15 is 0 Å². The van der Waals surface area contributed by atoms with E-state index in [1.54, 1.807) is 0 Å². The standard InChI is InChI=1S/C30H51N2O2/c1-6-32(7-2)24-19-17-22(27(21-24)34-29(33)23-13-9-8-10-14-23)18-20-28-30(3,4)25-15-11-12-16-26(25)31(28)5/h18,20,22-27H,6-17,19,21H2,1-5H3/q+1/b20-18+. The van der Waals surface area contributed by atoms with Crippen molar-refractivity contribution >= 4 is 11.7 Å². The molecule has 1 heterocycles. The average Bonchev–Trinajstić information content (AvgIpc) is 3.05. The summed E-state index contributed by atoms with van der Waals surface area (Å²) < 4.78 is 8.95. The average molecular weight is 472 g/mol. The van der Waals surface area contributed by atoms with Crippen LogP contribution in [0.15, 0.2) is 12.2 Å². The third-order valence-electron chi connectivity index (χ3n) is 10.0. The van der Waals surface area contributed by atoms with E-state index in [2.05, 4.69) is 56.4 Å². The first-order chi connectivity index (χ1) is 16.4. The number of ether oxygens (including phenoxy) is 1. The second kappa shape index (κ2) is 11.3. The lowest BCUT2D eigenvalue weighted by Crippen LogP contribution is -2.44. The van der Waals surface area contributed by atoms with Crippen LogP contribution >= 0.6 is 0 Å². The number of carbonyl (C=O) groups is 1. The van der Waals surface area contributed by atoms with Gasteiger partial charge in [-0.3, -0.25) is 4.79 Å². The molecule has 0 saturated heterocycles. The Morgan fingerprint density at radius 2 is 1.68 bits per heavy atom. The highest BCUT2D eigenvalue weighted by Gasteiger charge is 2.53. The fourth-order valence-electron chi connectivity index (χ4n) is 7.93. The number of nitrogens with zero attached hydrogens (tertiary/aromatic N) is 2. The van der Waals surface area contributed by atoms with E-state index in [4.69, 9.17) is 4.74 Å². The maximum atomic E-state index is 13.1. The van der Waals surface area contributed by atoms with Crippen LogP contribution in [0.4, 0.5) is 0 Å². The lowest BCUT2D eigenvalue weighted by atomic mass is 9.69. The molecule has 4 rings (SSSR count). The van der Waals surface area contributed by atoms with Gasteiger partial charge in [0.25, 0.3) is 0 Å². The summed E-state index contributed by atoms with van der Waals surface area (Å²) in [6, 6.07) is 1.23. The first kappa shape index (κ1) is 25.9. The first-order valence-corrected chi connectivity index (χ1v) is 14.6. The smallest absolute Gasteiger partial charge is 0.309 e. The molecular weight excluding hydrogens is 420 g/mol. The van der Waals surface area contributed by atoms with Crippen molar-refractivity contribution in [3.8, 4) is 0 Å². The quantitative estimate of drug-likeness (QED) is 0.326. The minimum atomic E-state index is 0.0164. The lowest BCUT2D eigenvalue weighted by Gasteiger charge is -2.40. The van der Waals surface area contributed by atoms with Gasteiger partial charge in [0.1, 0.15) is 13.2 Å². The van der Waals surface area contributed by atoms with Crippen LogP contribution in [0, 0.1) is 23.2 Å². The Balaban J connectivity index is 1.51. The molecule has 4 nitrogen and oxygen atoms in total. The van der Waals surface area contributed by atoms with Crippen LogP contribution < -0.4 is 0 Å². The highest BCUT2D eigenvalue weighted by Crippen LogP contribution is 2.45.